The zero-order valence-electron chi connectivity index (χ0n) is 12.7. The van der Waals surface area contributed by atoms with Gasteiger partial charge < -0.3 is 10.2 Å². The number of furan rings is 1. The lowest BCUT2D eigenvalue weighted by atomic mass is 10.1. The highest BCUT2D eigenvalue weighted by molar-refractivity contribution is 6.33. The molecule has 12 heteroatoms. The first kappa shape index (κ1) is 17.1. The Labute approximate surface area is 149 Å². The molecule has 2 heterocycles. The Morgan fingerprint density at radius 1 is 1.35 bits per heavy atom. The van der Waals surface area contributed by atoms with Gasteiger partial charge in [-0.3, -0.25) is 14.9 Å². The van der Waals surface area contributed by atoms with E-state index < -0.39 is 10.8 Å². The van der Waals surface area contributed by atoms with Crippen LogP contribution >= 0.6 is 11.6 Å². The molecule has 0 unspecified atom stereocenters. The summed E-state index contributed by atoms with van der Waals surface area (Å²) < 4.78 is 9.83. The number of hydrogen-bond donors (Lipinski definition) is 2. The van der Waals surface area contributed by atoms with Crippen molar-refractivity contribution in [3.63, 3.8) is 0 Å². The third kappa shape index (κ3) is 3.52. The quantitative estimate of drug-likeness (QED) is 0.389. The Morgan fingerprint density at radius 3 is 2.81 bits per heavy atom. The van der Waals surface area contributed by atoms with Crippen LogP contribution in [0.5, 0.6) is 0 Å². The number of anilines is 1. The third-order valence-corrected chi connectivity index (χ3v) is 3.46. The number of nitro groups is 1. The zero-order valence-corrected chi connectivity index (χ0v) is 13.5. The van der Waals surface area contributed by atoms with Crippen molar-refractivity contribution in [3.05, 3.63) is 56.9 Å². The minimum absolute atomic E-state index is 0.128. The number of amides is 1. The van der Waals surface area contributed by atoms with Crippen molar-refractivity contribution >= 4 is 35.2 Å². The molecule has 1 amide bonds. The Bertz CT molecular complexity index is 1010. The van der Waals surface area contributed by atoms with Gasteiger partial charge in [0.25, 0.3) is 11.6 Å². The van der Waals surface area contributed by atoms with Gasteiger partial charge in [0.15, 0.2) is 0 Å². The van der Waals surface area contributed by atoms with E-state index in [0.717, 1.165) is 0 Å². The molecule has 26 heavy (non-hydrogen) atoms. The number of nitrogens with zero attached hydrogens (tertiary/aromatic N) is 4. The van der Waals surface area contributed by atoms with E-state index in [2.05, 4.69) is 25.5 Å². The lowest BCUT2D eigenvalue weighted by Gasteiger charge is -2.00. The van der Waals surface area contributed by atoms with Crippen LogP contribution in [0.3, 0.4) is 0 Å². The minimum atomic E-state index is -0.704. The fourth-order valence-electron chi connectivity index (χ4n) is 1.94. The van der Waals surface area contributed by atoms with Crippen LogP contribution in [0, 0.1) is 10.1 Å². The normalized spacial score (nSPS) is 11.0. The second kappa shape index (κ2) is 7.03. The molecular formula is C14H9ClN6O5. The maximum Gasteiger partial charge on any atom is 0.297 e. The number of rotatable bonds is 5. The van der Waals surface area contributed by atoms with Gasteiger partial charge in [-0.15, -0.1) is 0 Å². The van der Waals surface area contributed by atoms with Gasteiger partial charge in [0.1, 0.15) is 11.5 Å². The van der Waals surface area contributed by atoms with Crippen LogP contribution in [-0.4, -0.2) is 27.4 Å². The number of nitrogens with two attached hydrogens (primary N) is 1. The molecule has 0 aliphatic heterocycles. The predicted octanol–water partition coefficient (Wildman–Crippen LogP) is 2.24. The number of nitrogens with one attached hydrogen (secondary N) is 1. The Balaban J connectivity index is 1.71. The van der Waals surface area contributed by atoms with E-state index in [1.165, 1.54) is 24.4 Å². The van der Waals surface area contributed by atoms with Crippen LogP contribution in [0.2, 0.25) is 5.02 Å². The summed E-state index contributed by atoms with van der Waals surface area (Å²) in [6.45, 7) is 0. The molecule has 3 N–H and O–H groups in total. The van der Waals surface area contributed by atoms with E-state index in [0.29, 0.717) is 17.1 Å². The summed E-state index contributed by atoms with van der Waals surface area (Å²) in [5.74, 6) is -0.181. The summed E-state index contributed by atoms with van der Waals surface area (Å²) in [5, 5.41) is 21.2. The van der Waals surface area contributed by atoms with Gasteiger partial charge >= 0.3 is 0 Å². The standard InChI is InChI=1S/C14H9ClN6O5/c15-10-5-7(21(23)24)1-3-9(10)11-4-2-8(25-11)6-17-18-14(22)12-13(16)20-26-19-12/h1-6H,(H2,16,20)(H,18,22). The van der Waals surface area contributed by atoms with Gasteiger partial charge in [-0.2, -0.15) is 5.10 Å². The topological polar surface area (TPSA) is 163 Å². The summed E-state index contributed by atoms with van der Waals surface area (Å²) in [5.41, 5.74) is 7.72. The highest BCUT2D eigenvalue weighted by Crippen LogP contribution is 2.31. The lowest BCUT2D eigenvalue weighted by Crippen LogP contribution is -2.19. The van der Waals surface area contributed by atoms with Crippen molar-refractivity contribution in [3.8, 4) is 11.3 Å². The monoisotopic (exact) mass is 376 g/mol. The number of nitro benzene ring substituents is 1. The number of carbonyl (C=O) groups is 1. The molecular weight excluding hydrogens is 368 g/mol. The average Bonchev–Trinajstić information content (AvgIpc) is 3.23. The maximum atomic E-state index is 11.7. The van der Waals surface area contributed by atoms with E-state index in [-0.39, 0.29) is 22.2 Å². The highest BCUT2D eigenvalue weighted by atomic mass is 35.5. The second-order valence-electron chi connectivity index (χ2n) is 4.82. The molecule has 0 saturated heterocycles. The number of carbonyl (C=O) groups excluding carboxylic acids is 1. The van der Waals surface area contributed by atoms with Gasteiger partial charge in [0.05, 0.1) is 16.2 Å². The molecule has 0 aliphatic carbocycles. The third-order valence-electron chi connectivity index (χ3n) is 3.14. The van der Waals surface area contributed by atoms with E-state index >= 15 is 0 Å². The van der Waals surface area contributed by atoms with Crippen LogP contribution < -0.4 is 11.2 Å². The first-order chi connectivity index (χ1) is 12.5. The Hall–Kier alpha value is -3.73. The molecule has 0 fully saturated rings. The largest absolute Gasteiger partial charge is 0.455 e. The molecule has 2 aromatic heterocycles. The highest BCUT2D eigenvalue weighted by Gasteiger charge is 2.15. The SMILES string of the molecule is Nc1nonc1C(=O)NN=Cc1ccc(-c2ccc([N+](=O)[O-])cc2Cl)o1. The molecule has 0 saturated carbocycles. The molecule has 1 aromatic carbocycles. The van der Waals surface area contributed by atoms with Crippen LogP contribution in [0.4, 0.5) is 11.5 Å². The molecule has 3 rings (SSSR count). The average molecular weight is 377 g/mol. The number of aromatic nitrogens is 2. The van der Waals surface area contributed by atoms with Gasteiger partial charge in [-0.25, -0.2) is 10.1 Å². The van der Waals surface area contributed by atoms with E-state index in [9.17, 15) is 14.9 Å². The summed E-state index contributed by atoms with van der Waals surface area (Å²) in [6.07, 6.45) is 1.24. The molecule has 11 nitrogen and oxygen atoms in total. The smallest absolute Gasteiger partial charge is 0.297 e. The number of halogens is 1. The fourth-order valence-corrected chi connectivity index (χ4v) is 2.21. The van der Waals surface area contributed by atoms with Gasteiger partial charge in [-0.1, -0.05) is 11.6 Å². The molecule has 0 atom stereocenters. The Morgan fingerprint density at radius 2 is 2.15 bits per heavy atom. The maximum absolute atomic E-state index is 11.7. The molecule has 0 radical (unpaired) electrons. The van der Waals surface area contributed by atoms with Crippen molar-refractivity contribution in [1.82, 2.24) is 15.7 Å². The lowest BCUT2D eigenvalue weighted by molar-refractivity contribution is -0.384. The van der Waals surface area contributed by atoms with E-state index in [1.54, 1.807) is 12.1 Å². The van der Waals surface area contributed by atoms with E-state index in [4.69, 9.17) is 21.8 Å². The van der Waals surface area contributed by atoms with Crippen molar-refractivity contribution in [2.75, 3.05) is 5.73 Å². The van der Waals surface area contributed by atoms with Crippen LogP contribution in [0.25, 0.3) is 11.3 Å². The van der Waals surface area contributed by atoms with Crippen molar-refractivity contribution in [1.29, 1.82) is 0 Å². The predicted molar refractivity (Wildman–Crippen MR) is 89.6 cm³/mol. The summed E-state index contributed by atoms with van der Waals surface area (Å²) in [7, 11) is 0. The molecule has 3 aromatic rings. The molecule has 0 aliphatic rings. The van der Waals surface area contributed by atoms with Crippen LogP contribution in [0.1, 0.15) is 16.2 Å². The van der Waals surface area contributed by atoms with Crippen LogP contribution in [0.15, 0.2) is 44.5 Å². The number of hydrazone groups is 1. The number of non-ortho nitro benzene ring substituents is 1. The summed E-state index contributed by atoms with van der Waals surface area (Å²) in [4.78, 5) is 21.9. The fraction of sp³-hybridized carbons (Fsp3) is 0. The summed E-state index contributed by atoms with van der Waals surface area (Å²) >= 11 is 6.05. The molecule has 0 bridgehead atoms. The second-order valence-corrected chi connectivity index (χ2v) is 5.23. The van der Waals surface area contributed by atoms with Gasteiger partial charge in [-0.05, 0) is 28.5 Å². The number of nitrogen functional groups attached to an aromatic ring is 1. The number of benzene rings is 1. The van der Waals surface area contributed by atoms with Crippen molar-refractivity contribution in [2.45, 2.75) is 0 Å². The Kier molecular flexibility index (Phi) is 4.62. The number of hydrogen-bond acceptors (Lipinski definition) is 9. The molecule has 0 spiro atoms. The van der Waals surface area contributed by atoms with Gasteiger partial charge in [0.2, 0.25) is 11.5 Å². The zero-order chi connectivity index (χ0) is 18.7. The van der Waals surface area contributed by atoms with E-state index in [1.807, 2.05) is 0 Å². The minimum Gasteiger partial charge on any atom is -0.455 e. The van der Waals surface area contributed by atoms with Gasteiger partial charge in [0, 0.05) is 17.7 Å². The van der Waals surface area contributed by atoms with Crippen molar-refractivity contribution < 1.29 is 18.8 Å². The summed E-state index contributed by atoms with van der Waals surface area (Å²) in [6, 6.07) is 7.20. The van der Waals surface area contributed by atoms with Crippen LogP contribution in [-0.2, 0) is 0 Å². The molecule has 132 valence electrons. The van der Waals surface area contributed by atoms with Crippen molar-refractivity contribution in [2.24, 2.45) is 5.10 Å². The first-order valence-corrected chi connectivity index (χ1v) is 7.29. The first-order valence-electron chi connectivity index (χ1n) is 6.91.